The first kappa shape index (κ1) is 24.9. The molecule has 0 bridgehead atoms. The fraction of sp³-hybridized carbons (Fsp3) is 0.360. The summed E-state index contributed by atoms with van der Waals surface area (Å²) in [6, 6.07) is 4.13. The SMILES string of the molecule is CNC(=O)C(=O)CCCCCCNC(=O)c1c(C)[nH]c(/C=C2\C(=O)Nc3ccc(F)cc32)c1C. The fourth-order valence-electron chi connectivity index (χ4n) is 4.01. The lowest BCUT2D eigenvalue weighted by atomic mass is 10.0. The van der Waals surface area contributed by atoms with Gasteiger partial charge < -0.3 is 20.9 Å². The van der Waals surface area contributed by atoms with Gasteiger partial charge in [0.05, 0.1) is 11.1 Å². The molecule has 4 N–H and O–H groups in total. The Bertz CT molecular complexity index is 1170. The van der Waals surface area contributed by atoms with Gasteiger partial charge in [-0.2, -0.15) is 0 Å². The average Bonchev–Trinajstić information content (AvgIpc) is 3.26. The zero-order valence-electron chi connectivity index (χ0n) is 19.6. The molecule has 0 spiro atoms. The van der Waals surface area contributed by atoms with E-state index in [4.69, 9.17) is 0 Å². The molecular formula is C25H29FN4O4. The maximum atomic E-state index is 13.7. The number of aryl methyl sites for hydroxylation is 1. The van der Waals surface area contributed by atoms with Gasteiger partial charge in [-0.25, -0.2) is 4.39 Å². The van der Waals surface area contributed by atoms with Crippen LogP contribution in [0.3, 0.4) is 0 Å². The molecule has 0 aliphatic carbocycles. The van der Waals surface area contributed by atoms with Crippen LogP contribution in [0.25, 0.3) is 11.6 Å². The molecule has 1 aromatic heterocycles. The van der Waals surface area contributed by atoms with Crippen molar-refractivity contribution in [1.82, 2.24) is 15.6 Å². The van der Waals surface area contributed by atoms with Crippen LogP contribution in [0.2, 0.25) is 0 Å². The van der Waals surface area contributed by atoms with Crippen molar-refractivity contribution in [3.05, 3.63) is 52.1 Å². The van der Waals surface area contributed by atoms with Crippen LogP contribution in [0.15, 0.2) is 18.2 Å². The van der Waals surface area contributed by atoms with Gasteiger partial charge in [-0.1, -0.05) is 12.8 Å². The minimum atomic E-state index is -0.565. The number of benzene rings is 1. The molecule has 2 aromatic rings. The summed E-state index contributed by atoms with van der Waals surface area (Å²) in [6.07, 6.45) is 4.87. The van der Waals surface area contributed by atoms with E-state index < -0.39 is 17.5 Å². The van der Waals surface area contributed by atoms with Gasteiger partial charge in [0.15, 0.2) is 0 Å². The summed E-state index contributed by atoms with van der Waals surface area (Å²) in [5.41, 5.74) is 3.88. The summed E-state index contributed by atoms with van der Waals surface area (Å²) >= 11 is 0. The number of amides is 3. The number of rotatable bonds is 10. The normalized spacial score (nSPS) is 13.5. The molecular weight excluding hydrogens is 439 g/mol. The number of aromatic nitrogens is 1. The van der Waals surface area contributed by atoms with Crippen LogP contribution in [-0.4, -0.2) is 42.1 Å². The molecule has 0 saturated carbocycles. The fourth-order valence-corrected chi connectivity index (χ4v) is 4.01. The maximum Gasteiger partial charge on any atom is 0.287 e. The molecule has 0 unspecified atom stereocenters. The molecule has 3 rings (SSSR count). The van der Waals surface area contributed by atoms with Crippen molar-refractivity contribution in [3.63, 3.8) is 0 Å². The first-order valence-corrected chi connectivity index (χ1v) is 11.3. The van der Waals surface area contributed by atoms with Gasteiger partial charge in [-0.3, -0.25) is 19.2 Å². The Morgan fingerprint density at radius 3 is 2.56 bits per heavy atom. The lowest BCUT2D eigenvalue weighted by Gasteiger charge is -2.06. The van der Waals surface area contributed by atoms with E-state index in [9.17, 15) is 23.6 Å². The highest BCUT2D eigenvalue weighted by atomic mass is 19.1. The Morgan fingerprint density at radius 1 is 1.09 bits per heavy atom. The largest absolute Gasteiger partial charge is 0.358 e. The number of carbonyl (C=O) groups excluding carboxylic acids is 4. The summed E-state index contributed by atoms with van der Waals surface area (Å²) in [4.78, 5) is 50.9. The molecule has 180 valence electrons. The molecule has 1 aliphatic rings. The highest BCUT2D eigenvalue weighted by Crippen LogP contribution is 2.34. The Balaban J connectivity index is 1.57. The number of ketones is 1. The molecule has 9 heteroatoms. The molecule has 1 aliphatic heterocycles. The van der Waals surface area contributed by atoms with E-state index in [0.717, 1.165) is 19.3 Å². The minimum Gasteiger partial charge on any atom is -0.358 e. The third kappa shape index (κ3) is 5.59. The van der Waals surface area contributed by atoms with E-state index in [0.29, 0.717) is 52.3 Å². The number of carbonyl (C=O) groups is 4. The smallest absolute Gasteiger partial charge is 0.287 e. The van der Waals surface area contributed by atoms with Crippen LogP contribution in [0, 0.1) is 19.7 Å². The Morgan fingerprint density at radius 2 is 1.82 bits per heavy atom. The summed E-state index contributed by atoms with van der Waals surface area (Å²) < 4.78 is 13.7. The highest BCUT2D eigenvalue weighted by Gasteiger charge is 2.26. The maximum absolute atomic E-state index is 13.7. The van der Waals surface area contributed by atoms with Crippen molar-refractivity contribution < 1.29 is 23.6 Å². The van der Waals surface area contributed by atoms with Gasteiger partial charge >= 0.3 is 0 Å². The van der Waals surface area contributed by atoms with Crippen molar-refractivity contribution in [2.75, 3.05) is 18.9 Å². The number of aromatic amines is 1. The van der Waals surface area contributed by atoms with E-state index in [1.54, 1.807) is 19.9 Å². The van der Waals surface area contributed by atoms with Crippen LogP contribution >= 0.6 is 0 Å². The second-order valence-corrected chi connectivity index (χ2v) is 8.29. The van der Waals surface area contributed by atoms with E-state index in [1.807, 2.05) is 0 Å². The van der Waals surface area contributed by atoms with Gasteiger partial charge in [0, 0.05) is 42.7 Å². The quantitative estimate of drug-likeness (QED) is 0.243. The first-order valence-electron chi connectivity index (χ1n) is 11.3. The second kappa shape index (κ2) is 10.9. The number of Topliss-reactive ketones (excluding diaryl/α,β-unsaturated/α-hetero) is 1. The highest BCUT2D eigenvalue weighted by molar-refractivity contribution is 6.36. The zero-order chi connectivity index (χ0) is 24.8. The standard InChI is InChI=1S/C25H29FN4O4/c1-14-20(13-18-17-12-16(26)9-10-19(17)30-23(18)32)29-15(2)22(14)25(34)28-11-7-5-4-6-8-21(31)24(33)27-3/h9-10,12-13,29H,4-8,11H2,1-3H3,(H,27,33)(H,28,34)(H,30,32)/b18-13-. The van der Waals surface area contributed by atoms with Crippen molar-refractivity contribution in [1.29, 1.82) is 0 Å². The van der Waals surface area contributed by atoms with Gasteiger partial charge in [-0.15, -0.1) is 0 Å². The van der Waals surface area contributed by atoms with Crippen LogP contribution in [-0.2, 0) is 14.4 Å². The number of nitrogens with one attached hydrogen (secondary N) is 4. The topological polar surface area (TPSA) is 120 Å². The van der Waals surface area contributed by atoms with Gasteiger partial charge in [-0.05, 0) is 56.5 Å². The third-order valence-electron chi connectivity index (χ3n) is 5.85. The molecule has 3 amide bonds. The Hall–Kier alpha value is -3.75. The molecule has 8 nitrogen and oxygen atoms in total. The van der Waals surface area contributed by atoms with Crippen LogP contribution in [0.5, 0.6) is 0 Å². The average molecular weight is 469 g/mol. The number of hydrogen-bond acceptors (Lipinski definition) is 4. The number of unbranched alkanes of at least 4 members (excludes halogenated alkanes) is 3. The lowest BCUT2D eigenvalue weighted by molar-refractivity contribution is -0.137. The number of anilines is 1. The molecule has 0 saturated heterocycles. The molecule has 1 aromatic carbocycles. The zero-order valence-corrected chi connectivity index (χ0v) is 19.6. The molecule has 2 heterocycles. The number of likely N-dealkylation sites (N-methyl/N-ethyl adjacent to an activating group) is 1. The van der Waals surface area contributed by atoms with Gasteiger partial charge in [0.2, 0.25) is 5.78 Å². The van der Waals surface area contributed by atoms with E-state index >= 15 is 0 Å². The van der Waals surface area contributed by atoms with Crippen molar-refractivity contribution >= 4 is 40.8 Å². The second-order valence-electron chi connectivity index (χ2n) is 8.29. The number of fused-ring (bicyclic) bond motifs is 1. The third-order valence-corrected chi connectivity index (χ3v) is 5.85. The van der Waals surface area contributed by atoms with E-state index in [1.165, 1.54) is 25.2 Å². The number of hydrogen-bond donors (Lipinski definition) is 4. The van der Waals surface area contributed by atoms with Crippen LogP contribution in [0.4, 0.5) is 10.1 Å². The van der Waals surface area contributed by atoms with Gasteiger partial charge in [0.1, 0.15) is 5.82 Å². The summed E-state index contributed by atoms with van der Waals surface area (Å²) in [5.74, 6) is -1.95. The van der Waals surface area contributed by atoms with Crippen molar-refractivity contribution in [2.45, 2.75) is 46.0 Å². The summed E-state index contributed by atoms with van der Waals surface area (Å²) in [5, 5.41) is 7.94. The Kier molecular flexibility index (Phi) is 7.99. The van der Waals surface area contributed by atoms with E-state index in [-0.39, 0.29) is 18.2 Å². The molecule has 0 atom stereocenters. The lowest BCUT2D eigenvalue weighted by Crippen LogP contribution is -2.27. The van der Waals surface area contributed by atoms with Crippen molar-refractivity contribution in [3.8, 4) is 0 Å². The first-order chi connectivity index (χ1) is 16.2. The molecule has 34 heavy (non-hydrogen) atoms. The summed E-state index contributed by atoms with van der Waals surface area (Å²) in [7, 11) is 1.43. The predicted molar refractivity (Wildman–Crippen MR) is 128 cm³/mol. The molecule has 0 radical (unpaired) electrons. The molecule has 0 fully saturated rings. The number of halogens is 1. The van der Waals surface area contributed by atoms with E-state index in [2.05, 4.69) is 20.9 Å². The predicted octanol–water partition coefficient (Wildman–Crippen LogP) is 3.26. The van der Waals surface area contributed by atoms with Crippen LogP contribution in [0.1, 0.15) is 65.0 Å². The number of H-pyrrole nitrogens is 1. The monoisotopic (exact) mass is 468 g/mol. The minimum absolute atomic E-state index is 0.215. The van der Waals surface area contributed by atoms with Gasteiger partial charge in [0.25, 0.3) is 17.7 Å². The summed E-state index contributed by atoms with van der Waals surface area (Å²) in [6.45, 7) is 4.07. The van der Waals surface area contributed by atoms with Crippen molar-refractivity contribution in [2.24, 2.45) is 0 Å². The van der Waals surface area contributed by atoms with Crippen LogP contribution < -0.4 is 16.0 Å². The Labute approximate surface area is 197 Å².